The number of rotatable bonds is 3. The van der Waals surface area contributed by atoms with Crippen molar-refractivity contribution < 1.29 is 0 Å². The minimum absolute atomic E-state index is 0.807. The van der Waals surface area contributed by atoms with Crippen LogP contribution in [0.3, 0.4) is 0 Å². The van der Waals surface area contributed by atoms with Crippen molar-refractivity contribution in [2.75, 3.05) is 18.4 Å². The van der Waals surface area contributed by atoms with Gasteiger partial charge in [-0.15, -0.1) is 11.3 Å². The van der Waals surface area contributed by atoms with E-state index in [1.165, 1.54) is 26.4 Å². The normalized spacial score (nSPS) is 12.3. The maximum absolute atomic E-state index is 4.84. The molecule has 0 unspecified atom stereocenters. The van der Waals surface area contributed by atoms with Crippen molar-refractivity contribution in [3.63, 3.8) is 0 Å². The van der Waals surface area contributed by atoms with E-state index in [1.54, 1.807) is 11.3 Å². The molecular formula is C18H21N3S. The van der Waals surface area contributed by atoms with E-state index in [0.29, 0.717) is 0 Å². The predicted molar refractivity (Wildman–Crippen MR) is 96.0 cm³/mol. The summed E-state index contributed by atoms with van der Waals surface area (Å²) in [5, 5.41) is 4.49. The van der Waals surface area contributed by atoms with Crippen LogP contribution in [0.2, 0.25) is 0 Å². The minimum atomic E-state index is 0.807. The molecule has 0 amide bonds. The molecule has 0 aromatic heterocycles. The molecule has 3 nitrogen and oxygen atoms in total. The standard InChI is InChI=1S/C18H21N3S/c1-5-19-13-9-17-15(7-11(13)3)21-16-8-12(4)14(20-6-2)10-18(16)22-17/h7-10,19H,5-6H2,1-4H3. The topological polar surface area (TPSA) is 37.3 Å². The molecule has 1 N–H and O–H groups in total. The van der Waals surface area contributed by atoms with Crippen molar-refractivity contribution in [3.8, 4) is 10.6 Å². The summed E-state index contributed by atoms with van der Waals surface area (Å²) in [5.74, 6) is 0. The second kappa shape index (κ2) is 6.05. The maximum Gasteiger partial charge on any atom is 0.0813 e. The molecule has 3 rings (SSSR count). The highest BCUT2D eigenvalue weighted by Crippen LogP contribution is 2.33. The van der Waals surface area contributed by atoms with E-state index in [9.17, 15) is 0 Å². The van der Waals surface area contributed by atoms with Crippen LogP contribution in [0.25, 0.3) is 20.8 Å². The number of nitrogens with zero attached hydrogens (tertiary/aromatic N) is 2. The zero-order chi connectivity index (χ0) is 15.7. The van der Waals surface area contributed by atoms with Crippen LogP contribution < -0.4 is 10.7 Å². The van der Waals surface area contributed by atoms with Crippen molar-refractivity contribution in [2.45, 2.75) is 27.7 Å². The fourth-order valence-electron chi connectivity index (χ4n) is 2.64. The largest absolute Gasteiger partial charge is 0.385 e. The van der Waals surface area contributed by atoms with Crippen molar-refractivity contribution in [1.29, 1.82) is 0 Å². The first kappa shape index (κ1) is 15.0. The molecule has 1 aromatic carbocycles. The van der Waals surface area contributed by atoms with E-state index >= 15 is 0 Å². The number of benzene rings is 2. The Morgan fingerprint density at radius 3 is 2.64 bits per heavy atom. The summed E-state index contributed by atoms with van der Waals surface area (Å²) < 4.78 is 1.21. The van der Waals surface area contributed by atoms with Gasteiger partial charge in [0.25, 0.3) is 0 Å². The van der Waals surface area contributed by atoms with Crippen LogP contribution in [-0.2, 0) is 0 Å². The Kier molecular flexibility index (Phi) is 4.12. The predicted octanol–water partition coefficient (Wildman–Crippen LogP) is 4.37. The molecule has 0 bridgehead atoms. The lowest BCUT2D eigenvalue weighted by molar-refractivity contribution is 1.05. The van der Waals surface area contributed by atoms with Gasteiger partial charge in [-0.25, -0.2) is 4.98 Å². The Morgan fingerprint density at radius 1 is 1.09 bits per heavy atom. The molecule has 2 aliphatic rings. The lowest BCUT2D eigenvalue weighted by atomic mass is 10.1. The first-order chi connectivity index (χ1) is 10.6. The molecule has 0 spiro atoms. The van der Waals surface area contributed by atoms with E-state index in [-0.39, 0.29) is 0 Å². The fraction of sp³-hybridized carbons (Fsp3) is 0.333. The van der Waals surface area contributed by atoms with Gasteiger partial charge in [-0.05, 0) is 63.1 Å². The van der Waals surface area contributed by atoms with Crippen molar-refractivity contribution in [3.05, 3.63) is 40.7 Å². The summed E-state index contributed by atoms with van der Waals surface area (Å²) in [6.45, 7) is 10.1. The molecule has 114 valence electrons. The molecule has 4 heteroatoms. The first-order valence-corrected chi connectivity index (χ1v) is 8.54. The van der Waals surface area contributed by atoms with Crippen LogP contribution in [-0.4, -0.2) is 18.1 Å². The van der Waals surface area contributed by atoms with Gasteiger partial charge >= 0.3 is 0 Å². The molecule has 0 fully saturated rings. The molecule has 22 heavy (non-hydrogen) atoms. The van der Waals surface area contributed by atoms with Gasteiger partial charge < -0.3 is 5.32 Å². The Bertz CT molecular complexity index is 864. The molecule has 0 atom stereocenters. The number of aryl methyl sites for hydroxylation is 2. The van der Waals surface area contributed by atoms with Gasteiger partial charge in [0.15, 0.2) is 0 Å². The zero-order valence-electron chi connectivity index (χ0n) is 13.5. The molecule has 1 aromatic rings. The lowest BCUT2D eigenvalue weighted by Gasteiger charge is -2.12. The van der Waals surface area contributed by atoms with E-state index in [2.05, 4.69) is 62.3 Å². The van der Waals surface area contributed by atoms with Crippen LogP contribution in [0.1, 0.15) is 25.0 Å². The second-order valence-electron chi connectivity index (χ2n) is 5.46. The molecule has 0 saturated carbocycles. The van der Waals surface area contributed by atoms with Crippen molar-refractivity contribution >= 4 is 27.2 Å². The van der Waals surface area contributed by atoms with Gasteiger partial charge in [0.1, 0.15) is 0 Å². The summed E-state index contributed by atoms with van der Waals surface area (Å²) in [6, 6.07) is 8.69. The van der Waals surface area contributed by atoms with E-state index in [0.717, 1.165) is 29.7 Å². The quantitative estimate of drug-likeness (QED) is 0.729. The number of hydrogen-bond donors (Lipinski definition) is 1. The third kappa shape index (κ3) is 2.71. The monoisotopic (exact) mass is 311 g/mol. The molecular weight excluding hydrogens is 290 g/mol. The highest BCUT2D eigenvalue weighted by molar-refractivity contribution is 7.21. The number of aromatic nitrogens is 1. The lowest BCUT2D eigenvalue weighted by Crippen LogP contribution is -2.08. The average molecular weight is 311 g/mol. The molecule has 0 saturated heterocycles. The Balaban J connectivity index is 2.28. The van der Waals surface area contributed by atoms with Crippen LogP contribution >= 0.6 is 11.3 Å². The molecule has 1 aliphatic heterocycles. The number of hydrogen-bond acceptors (Lipinski definition) is 4. The van der Waals surface area contributed by atoms with E-state index in [1.807, 2.05) is 0 Å². The summed E-state index contributed by atoms with van der Waals surface area (Å²) in [7, 11) is 0. The van der Waals surface area contributed by atoms with Gasteiger partial charge in [-0.1, -0.05) is 0 Å². The fourth-order valence-corrected chi connectivity index (χ4v) is 3.65. The Labute approximate surface area is 135 Å². The van der Waals surface area contributed by atoms with Crippen molar-refractivity contribution in [2.24, 2.45) is 4.99 Å². The SMILES string of the molecule is CCN=c1cc2sc3cc(NCC)c(C)cc3nc-2cc1C. The number of anilines is 1. The van der Waals surface area contributed by atoms with E-state index < -0.39 is 0 Å². The van der Waals surface area contributed by atoms with Gasteiger partial charge in [0.05, 0.1) is 26.1 Å². The smallest absolute Gasteiger partial charge is 0.0813 e. The van der Waals surface area contributed by atoms with Crippen LogP contribution in [0.5, 0.6) is 0 Å². The van der Waals surface area contributed by atoms with Gasteiger partial charge in [-0.2, -0.15) is 0 Å². The summed E-state index contributed by atoms with van der Waals surface area (Å²) in [6.07, 6.45) is 0. The highest BCUT2D eigenvalue weighted by Gasteiger charge is 2.10. The first-order valence-electron chi connectivity index (χ1n) is 7.72. The minimum Gasteiger partial charge on any atom is -0.385 e. The van der Waals surface area contributed by atoms with Gasteiger partial charge in [0.2, 0.25) is 0 Å². The Morgan fingerprint density at radius 2 is 1.91 bits per heavy atom. The zero-order valence-corrected chi connectivity index (χ0v) is 14.3. The second-order valence-corrected chi connectivity index (χ2v) is 6.54. The van der Waals surface area contributed by atoms with Crippen molar-refractivity contribution in [1.82, 2.24) is 4.98 Å². The average Bonchev–Trinajstić information content (AvgIpc) is 2.48. The van der Waals surface area contributed by atoms with Crippen LogP contribution in [0, 0.1) is 13.8 Å². The Hall–Kier alpha value is -1.94. The van der Waals surface area contributed by atoms with E-state index in [4.69, 9.17) is 4.98 Å². The molecule has 1 heterocycles. The maximum atomic E-state index is 4.84. The van der Waals surface area contributed by atoms with Gasteiger partial charge in [-0.3, -0.25) is 4.99 Å². The summed E-state index contributed by atoms with van der Waals surface area (Å²) >= 11 is 1.79. The number of fused-ring (bicyclic) bond motifs is 2. The van der Waals surface area contributed by atoms with Gasteiger partial charge in [0, 0.05) is 18.8 Å². The third-order valence-electron chi connectivity index (χ3n) is 3.74. The summed E-state index contributed by atoms with van der Waals surface area (Å²) in [4.78, 5) is 10.6. The summed E-state index contributed by atoms with van der Waals surface area (Å²) in [5.41, 5.74) is 5.74. The molecule has 1 aliphatic carbocycles. The highest BCUT2D eigenvalue weighted by atomic mass is 32.1. The van der Waals surface area contributed by atoms with Crippen LogP contribution in [0.15, 0.2) is 29.3 Å². The number of nitrogens with one attached hydrogen (secondary N) is 1. The molecule has 0 radical (unpaired) electrons. The third-order valence-corrected chi connectivity index (χ3v) is 4.83. The van der Waals surface area contributed by atoms with Crippen LogP contribution in [0.4, 0.5) is 5.69 Å².